The predicted octanol–water partition coefficient (Wildman–Crippen LogP) is 1.41. The number of aliphatic imine (C=N–C) groups is 1. The lowest BCUT2D eigenvalue weighted by atomic mass is 9.88. The van der Waals surface area contributed by atoms with Crippen LogP contribution in [0.2, 0.25) is 0 Å². The quantitative estimate of drug-likeness (QED) is 0.301. The molecule has 0 fully saturated rings. The Morgan fingerprint density at radius 2 is 1.74 bits per heavy atom. The molecular weight excluding hydrogens is 240 g/mol. The highest BCUT2D eigenvalue weighted by atomic mass is 16.1. The second kappa shape index (κ2) is 10.8. The maximum Gasteiger partial charge on any atom is 0.185 e. The van der Waals surface area contributed by atoms with Gasteiger partial charge in [0.1, 0.15) is 0 Å². The Morgan fingerprint density at radius 1 is 1.16 bits per heavy atom. The van der Waals surface area contributed by atoms with Gasteiger partial charge in [0.25, 0.3) is 0 Å². The zero-order valence-electron chi connectivity index (χ0n) is 12.6. The summed E-state index contributed by atoms with van der Waals surface area (Å²) in [4.78, 5) is 16.4. The summed E-state index contributed by atoms with van der Waals surface area (Å²) in [7, 11) is 1.85. The van der Waals surface area contributed by atoms with Crippen LogP contribution in [0, 0.1) is 5.92 Å². The summed E-state index contributed by atoms with van der Waals surface area (Å²) in [5.41, 5.74) is 10.5. The van der Waals surface area contributed by atoms with E-state index in [0.717, 1.165) is 38.5 Å². The fourth-order valence-corrected chi connectivity index (χ4v) is 2.34. The van der Waals surface area contributed by atoms with Crippen LogP contribution in [0.25, 0.3) is 0 Å². The third kappa shape index (κ3) is 7.82. The standard InChI is InChI=1S/C14H30N4O/c1-4-7-11(8-5-2)13(19)12(17-3)9-6-10-18-14(15)16/h11-12,17H,4-10H2,1-3H3,(H4,15,16,18). The van der Waals surface area contributed by atoms with Crippen LogP contribution in [0.5, 0.6) is 0 Å². The van der Waals surface area contributed by atoms with Crippen LogP contribution >= 0.6 is 0 Å². The number of hydrogen-bond donors (Lipinski definition) is 3. The average molecular weight is 270 g/mol. The van der Waals surface area contributed by atoms with Crippen LogP contribution in [0.4, 0.5) is 0 Å². The molecule has 0 aliphatic carbocycles. The smallest absolute Gasteiger partial charge is 0.185 e. The zero-order chi connectivity index (χ0) is 14.7. The largest absolute Gasteiger partial charge is 0.370 e. The van der Waals surface area contributed by atoms with Gasteiger partial charge in [0, 0.05) is 12.5 Å². The first-order valence-corrected chi connectivity index (χ1v) is 7.33. The summed E-state index contributed by atoms with van der Waals surface area (Å²) in [6, 6.07) is -0.0719. The number of carbonyl (C=O) groups excluding carboxylic acids is 1. The molecule has 0 aliphatic heterocycles. The van der Waals surface area contributed by atoms with E-state index in [9.17, 15) is 4.79 Å². The number of Topliss-reactive ketones (excluding diaryl/α,β-unsaturated/α-hetero) is 1. The molecule has 5 N–H and O–H groups in total. The van der Waals surface area contributed by atoms with Crippen molar-refractivity contribution < 1.29 is 4.79 Å². The van der Waals surface area contributed by atoms with E-state index in [2.05, 4.69) is 24.2 Å². The van der Waals surface area contributed by atoms with Gasteiger partial charge in [0.05, 0.1) is 6.04 Å². The van der Waals surface area contributed by atoms with Gasteiger partial charge in [0.2, 0.25) is 0 Å². The van der Waals surface area contributed by atoms with Crippen molar-refractivity contribution in [1.82, 2.24) is 5.32 Å². The summed E-state index contributed by atoms with van der Waals surface area (Å²) < 4.78 is 0. The highest BCUT2D eigenvalue weighted by Crippen LogP contribution is 2.18. The summed E-state index contributed by atoms with van der Waals surface area (Å²) in [5, 5.41) is 3.13. The van der Waals surface area contributed by atoms with E-state index in [-0.39, 0.29) is 17.9 Å². The molecule has 0 bridgehead atoms. The molecule has 0 aliphatic rings. The van der Waals surface area contributed by atoms with Crippen LogP contribution in [0.15, 0.2) is 4.99 Å². The molecule has 0 amide bonds. The number of nitrogens with two attached hydrogens (primary N) is 2. The second-order valence-corrected chi connectivity index (χ2v) is 4.97. The van der Waals surface area contributed by atoms with Crippen molar-refractivity contribution in [3.63, 3.8) is 0 Å². The predicted molar refractivity (Wildman–Crippen MR) is 81.1 cm³/mol. The van der Waals surface area contributed by atoms with Crippen molar-refractivity contribution in [2.75, 3.05) is 13.6 Å². The SMILES string of the molecule is CCCC(CCC)C(=O)C(CCCN=C(N)N)NC. The number of nitrogens with zero attached hydrogens (tertiary/aromatic N) is 1. The maximum atomic E-state index is 12.4. The highest BCUT2D eigenvalue weighted by Gasteiger charge is 2.24. The van der Waals surface area contributed by atoms with Crippen molar-refractivity contribution >= 4 is 11.7 Å². The minimum atomic E-state index is -0.0719. The maximum absolute atomic E-state index is 12.4. The summed E-state index contributed by atoms with van der Waals surface area (Å²) in [6.07, 6.45) is 5.69. The van der Waals surface area contributed by atoms with E-state index >= 15 is 0 Å². The molecule has 0 saturated heterocycles. The van der Waals surface area contributed by atoms with Gasteiger partial charge in [-0.3, -0.25) is 9.79 Å². The minimum Gasteiger partial charge on any atom is -0.370 e. The number of carbonyl (C=O) groups is 1. The van der Waals surface area contributed by atoms with Gasteiger partial charge in [-0.25, -0.2) is 0 Å². The fourth-order valence-electron chi connectivity index (χ4n) is 2.34. The van der Waals surface area contributed by atoms with Crippen LogP contribution in [-0.4, -0.2) is 31.4 Å². The Labute approximate surface area is 117 Å². The fraction of sp³-hybridized carbons (Fsp3) is 0.857. The van der Waals surface area contributed by atoms with Gasteiger partial charge in [-0.05, 0) is 32.7 Å². The lowest BCUT2D eigenvalue weighted by molar-refractivity contribution is -0.125. The molecule has 5 nitrogen and oxygen atoms in total. The van der Waals surface area contributed by atoms with Gasteiger partial charge in [-0.15, -0.1) is 0 Å². The molecule has 19 heavy (non-hydrogen) atoms. The van der Waals surface area contributed by atoms with Crippen LogP contribution in [0.1, 0.15) is 52.4 Å². The van der Waals surface area contributed by atoms with Crippen molar-refractivity contribution in [2.24, 2.45) is 22.4 Å². The molecular formula is C14H30N4O. The van der Waals surface area contributed by atoms with Crippen molar-refractivity contribution in [2.45, 2.75) is 58.4 Å². The Kier molecular flexibility index (Phi) is 10.2. The molecule has 5 heteroatoms. The van der Waals surface area contributed by atoms with E-state index in [1.165, 1.54) is 0 Å². The van der Waals surface area contributed by atoms with Crippen LogP contribution in [0.3, 0.4) is 0 Å². The molecule has 0 spiro atoms. The number of ketones is 1. The van der Waals surface area contributed by atoms with Crippen LogP contribution < -0.4 is 16.8 Å². The molecule has 0 rings (SSSR count). The first kappa shape index (κ1) is 17.9. The lowest BCUT2D eigenvalue weighted by Gasteiger charge is -2.21. The van der Waals surface area contributed by atoms with E-state index in [1.807, 2.05) is 7.05 Å². The van der Waals surface area contributed by atoms with E-state index < -0.39 is 0 Å². The van der Waals surface area contributed by atoms with Crippen molar-refractivity contribution in [3.8, 4) is 0 Å². The number of hydrogen-bond acceptors (Lipinski definition) is 3. The molecule has 112 valence electrons. The minimum absolute atomic E-state index is 0.0719. The van der Waals surface area contributed by atoms with Crippen LogP contribution in [-0.2, 0) is 4.79 Å². The summed E-state index contributed by atoms with van der Waals surface area (Å²) in [5.74, 6) is 0.647. The molecule has 0 aromatic carbocycles. The lowest BCUT2D eigenvalue weighted by Crippen LogP contribution is -2.38. The molecule has 0 radical (unpaired) electrons. The molecule has 0 heterocycles. The van der Waals surface area contributed by atoms with E-state index in [4.69, 9.17) is 11.5 Å². The average Bonchev–Trinajstić information content (AvgIpc) is 2.37. The number of likely N-dealkylation sites (N-methyl/N-ethyl adjacent to an activating group) is 1. The number of guanidine groups is 1. The molecule has 0 saturated carbocycles. The Morgan fingerprint density at radius 3 is 2.16 bits per heavy atom. The van der Waals surface area contributed by atoms with Crippen molar-refractivity contribution in [3.05, 3.63) is 0 Å². The Hall–Kier alpha value is -1.10. The monoisotopic (exact) mass is 270 g/mol. The van der Waals surface area contributed by atoms with Crippen molar-refractivity contribution in [1.29, 1.82) is 0 Å². The van der Waals surface area contributed by atoms with Gasteiger partial charge in [0.15, 0.2) is 11.7 Å². The summed E-state index contributed by atoms with van der Waals surface area (Å²) in [6.45, 7) is 4.84. The molecule has 1 unspecified atom stereocenters. The molecule has 1 atom stereocenters. The first-order chi connectivity index (χ1) is 9.06. The number of rotatable bonds is 11. The van der Waals surface area contributed by atoms with Gasteiger partial charge in [-0.2, -0.15) is 0 Å². The number of nitrogens with one attached hydrogen (secondary N) is 1. The van der Waals surface area contributed by atoms with E-state index in [1.54, 1.807) is 0 Å². The van der Waals surface area contributed by atoms with Gasteiger partial charge < -0.3 is 16.8 Å². The van der Waals surface area contributed by atoms with Gasteiger partial charge >= 0.3 is 0 Å². The topological polar surface area (TPSA) is 93.5 Å². The highest BCUT2D eigenvalue weighted by molar-refractivity contribution is 5.86. The molecule has 0 aromatic rings. The second-order valence-electron chi connectivity index (χ2n) is 4.97. The molecule has 0 aromatic heterocycles. The third-order valence-electron chi connectivity index (χ3n) is 3.31. The zero-order valence-corrected chi connectivity index (χ0v) is 12.6. The Bertz CT molecular complexity index is 269. The normalized spacial score (nSPS) is 12.4. The third-order valence-corrected chi connectivity index (χ3v) is 3.31. The Balaban J connectivity index is 4.30. The first-order valence-electron chi connectivity index (χ1n) is 7.33. The summed E-state index contributed by atoms with van der Waals surface area (Å²) >= 11 is 0. The van der Waals surface area contributed by atoms with E-state index in [0.29, 0.717) is 12.3 Å². The van der Waals surface area contributed by atoms with Gasteiger partial charge in [-0.1, -0.05) is 26.7 Å².